The number of allylic oxidation sites excluding steroid dienone is 8. The molecule has 0 saturated carbocycles. The summed E-state index contributed by atoms with van der Waals surface area (Å²) in [6.45, 7) is 14.4. The first kappa shape index (κ1) is 31.4. The summed E-state index contributed by atoms with van der Waals surface area (Å²) in [5, 5.41) is 0. The molecule has 0 atom stereocenters. The minimum absolute atomic E-state index is 0. The van der Waals surface area contributed by atoms with E-state index in [-0.39, 0.29) is 24.8 Å². The van der Waals surface area contributed by atoms with Crippen LogP contribution in [0.3, 0.4) is 0 Å². The van der Waals surface area contributed by atoms with E-state index in [2.05, 4.69) is 65.8 Å². The normalized spacial score (nSPS) is 15.9. The number of hydrogen-bond acceptors (Lipinski definition) is 0. The molecule has 0 aromatic heterocycles. The van der Waals surface area contributed by atoms with Crippen LogP contribution in [0.1, 0.15) is 119 Å². The molecule has 0 radical (unpaired) electrons. The Kier molecular flexibility index (Phi) is 15.6. The van der Waals surface area contributed by atoms with Crippen LogP contribution in [-0.2, 0) is 23.2 Å². The molecule has 0 amide bonds. The molecule has 0 aromatic carbocycles. The van der Waals surface area contributed by atoms with Crippen LogP contribution in [0.25, 0.3) is 0 Å². The van der Waals surface area contributed by atoms with Gasteiger partial charge in [-0.1, -0.05) is 0 Å². The molecule has 0 saturated heterocycles. The molecule has 0 unspecified atom stereocenters. The van der Waals surface area contributed by atoms with Gasteiger partial charge in [-0.15, -0.1) is 0 Å². The first-order chi connectivity index (χ1) is 14.1. The van der Waals surface area contributed by atoms with Crippen LogP contribution in [0.4, 0.5) is 0 Å². The van der Waals surface area contributed by atoms with Crippen LogP contribution < -0.4 is 24.8 Å². The van der Waals surface area contributed by atoms with Crippen molar-refractivity contribution in [1.82, 2.24) is 0 Å². The van der Waals surface area contributed by atoms with Gasteiger partial charge in [0, 0.05) is 0 Å². The summed E-state index contributed by atoms with van der Waals surface area (Å²) < 4.78 is 3.82. The Balaban J connectivity index is 0.00000450. The summed E-state index contributed by atoms with van der Waals surface area (Å²) in [6, 6.07) is 0. The van der Waals surface area contributed by atoms with Gasteiger partial charge in [-0.2, -0.15) is 0 Å². The van der Waals surface area contributed by atoms with Crippen LogP contribution in [0, 0.1) is 10.8 Å². The Morgan fingerprint density at radius 2 is 0.935 bits per heavy atom. The summed E-state index contributed by atoms with van der Waals surface area (Å²) in [7, 11) is 0. The van der Waals surface area contributed by atoms with E-state index in [4.69, 9.17) is 0 Å². The Labute approximate surface area is 218 Å². The summed E-state index contributed by atoms with van der Waals surface area (Å²) in [4.78, 5) is 0. The molecular weight excluding hydrogens is 498 g/mol. The van der Waals surface area contributed by atoms with E-state index in [0.29, 0.717) is 10.8 Å². The fourth-order valence-corrected chi connectivity index (χ4v) is 10.6. The van der Waals surface area contributed by atoms with Crippen molar-refractivity contribution in [2.45, 2.75) is 119 Å². The zero-order chi connectivity index (χ0) is 21.3. The van der Waals surface area contributed by atoms with E-state index in [1.165, 1.54) is 77.0 Å². The Hall–Kier alpha value is 0.423. The third-order valence-corrected chi connectivity index (χ3v) is 11.4. The van der Waals surface area contributed by atoms with E-state index in [9.17, 15) is 0 Å². The van der Waals surface area contributed by atoms with E-state index < -0.39 is 23.2 Å². The molecule has 3 heteroatoms. The van der Waals surface area contributed by atoms with Crippen molar-refractivity contribution >= 4 is 0 Å². The van der Waals surface area contributed by atoms with Gasteiger partial charge in [0.2, 0.25) is 0 Å². The van der Waals surface area contributed by atoms with Crippen LogP contribution >= 0.6 is 0 Å². The fraction of sp³-hybridized carbons (Fsp3) is 0.714. The third kappa shape index (κ3) is 7.20. The first-order valence-electron chi connectivity index (χ1n) is 12.6. The molecule has 2 aliphatic carbocycles. The van der Waals surface area contributed by atoms with Crippen LogP contribution in [0.15, 0.2) is 42.0 Å². The minimum Gasteiger partial charge on any atom is -1.00 e. The average Bonchev–Trinajstić information content (AvgIpc) is 3.38. The monoisotopic (exact) mass is 542 g/mol. The predicted molar refractivity (Wildman–Crippen MR) is 127 cm³/mol. The maximum Gasteiger partial charge on any atom is -1.00 e. The number of halogens is 2. The summed E-state index contributed by atoms with van der Waals surface area (Å²) in [6.07, 6.45) is 26.0. The minimum atomic E-state index is -0.692. The Bertz CT molecular complexity index is 586. The topological polar surface area (TPSA) is 0 Å². The van der Waals surface area contributed by atoms with E-state index in [0.717, 1.165) is 0 Å². The zero-order valence-electron chi connectivity index (χ0n) is 21.1. The second-order valence-electron chi connectivity index (χ2n) is 9.39. The van der Waals surface area contributed by atoms with Crippen molar-refractivity contribution < 1.29 is 48.0 Å². The molecular formula is C28H46Cl2Zr. The smallest absolute Gasteiger partial charge is 1.00 e. The van der Waals surface area contributed by atoms with Gasteiger partial charge in [-0.05, 0) is 0 Å². The van der Waals surface area contributed by atoms with Crippen LogP contribution in [0.5, 0.6) is 0 Å². The van der Waals surface area contributed by atoms with Crippen molar-refractivity contribution in [3.63, 3.8) is 0 Å². The van der Waals surface area contributed by atoms with Gasteiger partial charge in [-0.3, -0.25) is 0 Å². The standard InChI is InChI=1S/2C14H23.2ClH.Zr/c2*1-4-11-14(6-3,12-5-2)13-9-7-8-10-13;;;/h2*7,9H,4-6,8,11-12H2,1-3H3;2*1H;/q;;;;+2/p-2. The zero-order valence-corrected chi connectivity index (χ0v) is 25.0. The van der Waals surface area contributed by atoms with Gasteiger partial charge in [0.25, 0.3) is 0 Å². The second kappa shape index (κ2) is 15.3. The van der Waals surface area contributed by atoms with E-state index >= 15 is 0 Å². The Morgan fingerprint density at radius 1 is 0.613 bits per heavy atom. The molecule has 0 bridgehead atoms. The molecule has 0 fully saturated rings. The van der Waals surface area contributed by atoms with Crippen molar-refractivity contribution in [3.05, 3.63) is 42.0 Å². The summed E-state index contributed by atoms with van der Waals surface area (Å²) in [5.74, 6) is 0. The van der Waals surface area contributed by atoms with Gasteiger partial charge >= 0.3 is 195 Å². The van der Waals surface area contributed by atoms with Gasteiger partial charge in [0.1, 0.15) is 0 Å². The number of hydrogen-bond donors (Lipinski definition) is 0. The van der Waals surface area contributed by atoms with Crippen molar-refractivity contribution in [3.8, 4) is 0 Å². The summed E-state index contributed by atoms with van der Waals surface area (Å²) in [5.41, 5.74) is 4.49. The largest absolute Gasteiger partial charge is 1.00 e. The van der Waals surface area contributed by atoms with Crippen LogP contribution in [-0.4, -0.2) is 0 Å². The van der Waals surface area contributed by atoms with Gasteiger partial charge < -0.3 is 24.8 Å². The molecule has 0 aliphatic heterocycles. The average molecular weight is 545 g/mol. The summed E-state index contributed by atoms with van der Waals surface area (Å²) >= 11 is -0.692. The van der Waals surface area contributed by atoms with Crippen molar-refractivity contribution in [2.75, 3.05) is 0 Å². The van der Waals surface area contributed by atoms with Crippen molar-refractivity contribution in [2.24, 2.45) is 10.8 Å². The molecule has 2 rings (SSSR count). The predicted octanol–water partition coefficient (Wildman–Crippen LogP) is 3.50. The van der Waals surface area contributed by atoms with Gasteiger partial charge in [-0.25, -0.2) is 0 Å². The molecule has 0 spiro atoms. The quantitative estimate of drug-likeness (QED) is 0.314. The van der Waals surface area contributed by atoms with Crippen molar-refractivity contribution in [1.29, 1.82) is 0 Å². The fourth-order valence-electron chi connectivity index (χ4n) is 6.21. The molecule has 0 N–H and O–H groups in total. The molecule has 0 heterocycles. The maximum atomic E-state index is 2.55. The second-order valence-corrected chi connectivity index (χ2v) is 13.0. The Morgan fingerprint density at radius 3 is 1.19 bits per heavy atom. The van der Waals surface area contributed by atoms with Gasteiger partial charge in [0.05, 0.1) is 0 Å². The van der Waals surface area contributed by atoms with Gasteiger partial charge in [0.15, 0.2) is 0 Å². The third-order valence-electron chi connectivity index (χ3n) is 7.58. The first-order valence-corrected chi connectivity index (χ1v) is 15.1. The molecule has 31 heavy (non-hydrogen) atoms. The SMILES string of the molecule is CCCC(CC)(CCC)C1=[C]([Zr+2][C]2=C(C(CC)(CCC)CCC)C=CC2)CC=C1.[Cl-].[Cl-]. The molecule has 176 valence electrons. The van der Waals surface area contributed by atoms with E-state index in [1.807, 2.05) is 6.56 Å². The molecule has 0 aromatic rings. The van der Waals surface area contributed by atoms with E-state index in [1.54, 1.807) is 11.1 Å². The van der Waals surface area contributed by atoms with Crippen LogP contribution in [0.2, 0.25) is 0 Å². The molecule has 0 nitrogen and oxygen atoms in total. The maximum absolute atomic E-state index is 2.55. The molecule has 2 aliphatic rings. The number of rotatable bonds is 14.